The van der Waals surface area contributed by atoms with E-state index in [1.807, 2.05) is 11.6 Å². The average Bonchev–Trinajstić information content (AvgIpc) is 3.09. The zero-order valence-corrected chi connectivity index (χ0v) is 11.4. The van der Waals surface area contributed by atoms with Crippen LogP contribution >= 0.6 is 0 Å². The number of amides is 1. The van der Waals surface area contributed by atoms with Gasteiger partial charge in [0.15, 0.2) is 0 Å². The van der Waals surface area contributed by atoms with E-state index in [4.69, 9.17) is 5.73 Å². The molecule has 0 radical (unpaired) electrons. The standard InChI is InChI=1S/C13H22N4O/c1-8-9(2)16-17(10(8)3)7-6-12(13(14)18)15-11-4-5-11/h11-12,15H,4-7H2,1-3H3,(H2,14,18). The summed E-state index contributed by atoms with van der Waals surface area (Å²) in [5, 5.41) is 7.76. The molecule has 0 saturated heterocycles. The van der Waals surface area contributed by atoms with Crippen molar-refractivity contribution >= 4 is 5.91 Å². The largest absolute Gasteiger partial charge is 0.368 e. The summed E-state index contributed by atoms with van der Waals surface area (Å²) in [7, 11) is 0. The molecule has 1 aromatic heterocycles. The van der Waals surface area contributed by atoms with Gasteiger partial charge in [-0.05, 0) is 45.6 Å². The number of rotatable bonds is 6. The molecule has 1 atom stereocenters. The first-order valence-electron chi connectivity index (χ1n) is 6.55. The lowest BCUT2D eigenvalue weighted by Crippen LogP contribution is -2.43. The van der Waals surface area contributed by atoms with E-state index in [1.165, 1.54) is 11.3 Å². The second-order valence-electron chi connectivity index (χ2n) is 5.20. The van der Waals surface area contributed by atoms with Crippen molar-refractivity contribution in [2.75, 3.05) is 0 Å². The quantitative estimate of drug-likeness (QED) is 0.784. The predicted molar refractivity (Wildman–Crippen MR) is 70.2 cm³/mol. The molecule has 1 fully saturated rings. The number of carbonyl (C=O) groups excluding carboxylic acids is 1. The van der Waals surface area contributed by atoms with Gasteiger partial charge < -0.3 is 11.1 Å². The number of hydrogen-bond donors (Lipinski definition) is 2. The van der Waals surface area contributed by atoms with Crippen LogP contribution < -0.4 is 11.1 Å². The zero-order valence-electron chi connectivity index (χ0n) is 11.4. The van der Waals surface area contributed by atoms with Crippen LogP contribution in [0.4, 0.5) is 0 Å². The summed E-state index contributed by atoms with van der Waals surface area (Å²) in [4.78, 5) is 11.4. The maximum absolute atomic E-state index is 11.4. The fourth-order valence-electron chi connectivity index (χ4n) is 2.10. The van der Waals surface area contributed by atoms with Crippen LogP contribution in [0.3, 0.4) is 0 Å². The highest BCUT2D eigenvalue weighted by Gasteiger charge is 2.27. The van der Waals surface area contributed by atoms with Crippen molar-refractivity contribution in [2.45, 2.75) is 58.7 Å². The van der Waals surface area contributed by atoms with Crippen LogP contribution in [0.1, 0.15) is 36.2 Å². The van der Waals surface area contributed by atoms with Gasteiger partial charge in [-0.3, -0.25) is 9.48 Å². The third kappa shape index (κ3) is 2.90. The molecule has 5 nitrogen and oxygen atoms in total. The molecule has 1 unspecified atom stereocenters. The minimum atomic E-state index is -0.264. The van der Waals surface area contributed by atoms with Gasteiger partial charge in [-0.1, -0.05) is 0 Å². The third-order valence-electron chi connectivity index (χ3n) is 3.73. The Labute approximate surface area is 108 Å². The van der Waals surface area contributed by atoms with E-state index in [-0.39, 0.29) is 11.9 Å². The van der Waals surface area contributed by atoms with Crippen molar-refractivity contribution in [1.82, 2.24) is 15.1 Å². The Kier molecular flexibility index (Phi) is 3.71. The highest BCUT2D eigenvalue weighted by molar-refractivity contribution is 5.79. The summed E-state index contributed by atoms with van der Waals surface area (Å²) >= 11 is 0. The Morgan fingerprint density at radius 2 is 2.17 bits per heavy atom. The maximum Gasteiger partial charge on any atom is 0.234 e. The Bertz CT molecular complexity index is 448. The van der Waals surface area contributed by atoms with E-state index in [0.717, 1.165) is 25.1 Å². The number of nitrogens with two attached hydrogens (primary N) is 1. The average molecular weight is 250 g/mol. The van der Waals surface area contributed by atoms with Crippen LogP contribution in [0.15, 0.2) is 0 Å². The topological polar surface area (TPSA) is 72.9 Å². The van der Waals surface area contributed by atoms with Crippen molar-refractivity contribution < 1.29 is 4.79 Å². The number of aromatic nitrogens is 2. The lowest BCUT2D eigenvalue weighted by molar-refractivity contribution is -0.120. The second kappa shape index (κ2) is 5.10. The van der Waals surface area contributed by atoms with Gasteiger partial charge in [0.2, 0.25) is 5.91 Å². The van der Waals surface area contributed by atoms with E-state index in [0.29, 0.717) is 12.5 Å². The van der Waals surface area contributed by atoms with E-state index in [2.05, 4.69) is 24.3 Å². The lowest BCUT2D eigenvalue weighted by Gasteiger charge is -2.15. The molecule has 1 aliphatic rings. The molecule has 100 valence electrons. The molecular formula is C13H22N4O. The third-order valence-corrected chi connectivity index (χ3v) is 3.73. The highest BCUT2D eigenvalue weighted by Crippen LogP contribution is 2.20. The number of hydrogen-bond acceptors (Lipinski definition) is 3. The number of carbonyl (C=O) groups is 1. The Balaban J connectivity index is 1.95. The Hall–Kier alpha value is -1.36. The van der Waals surface area contributed by atoms with E-state index in [1.54, 1.807) is 0 Å². The molecule has 0 aliphatic heterocycles. The molecule has 3 N–H and O–H groups in total. The van der Waals surface area contributed by atoms with Gasteiger partial charge in [0.05, 0.1) is 11.7 Å². The van der Waals surface area contributed by atoms with Gasteiger partial charge in [-0.25, -0.2) is 0 Å². The molecule has 0 aromatic carbocycles. The summed E-state index contributed by atoms with van der Waals surface area (Å²) in [6, 6.07) is 0.256. The number of nitrogens with zero attached hydrogens (tertiary/aromatic N) is 2. The summed E-state index contributed by atoms with van der Waals surface area (Å²) in [6.45, 7) is 6.87. The number of primary amides is 1. The molecule has 0 spiro atoms. The first-order valence-corrected chi connectivity index (χ1v) is 6.55. The first kappa shape index (κ1) is 13.1. The first-order chi connectivity index (χ1) is 8.49. The number of nitrogens with one attached hydrogen (secondary N) is 1. The molecule has 18 heavy (non-hydrogen) atoms. The fourth-order valence-corrected chi connectivity index (χ4v) is 2.10. The minimum Gasteiger partial charge on any atom is -0.368 e. The molecule has 1 heterocycles. The highest BCUT2D eigenvalue weighted by atomic mass is 16.1. The van der Waals surface area contributed by atoms with E-state index >= 15 is 0 Å². The van der Waals surface area contributed by atoms with Crippen LogP contribution in [-0.4, -0.2) is 27.8 Å². The Morgan fingerprint density at radius 1 is 1.50 bits per heavy atom. The van der Waals surface area contributed by atoms with E-state index in [9.17, 15) is 4.79 Å². The summed E-state index contributed by atoms with van der Waals surface area (Å²) in [5.41, 5.74) is 8.86. The van der Waals surface area contributed by atoms with E-state index < -0.39 is 0 Å². The minimum absolute atomic E-state index is 0.235. The maximum atomic E-state index is 11.4. The predicted octanol–water partition coefficient (Wildman–Crippen LogP) is 0.804. The van der Waals surface area contributed by atoms with Crippen molar-refractivity contribution in [1.29, 1.82) is 0 Å². The fraction of sp³-hybridized carbons (Fsp3) is 0.692. The smallest absolute Gasteiger partial charge is 0.234 e. The summed E-state index contributed by atoms with van der Waals surface area (Å²) in [6.07, 6.45) is 3.01. The van der Waals surface area contributed by atoms with Gasteiger partial charge in [0.25, 0.3) is 0 Å². The lowest BCUT2D eigenvalue weighted by atomic mass is 10.2. The van der Waals surface area contributed by atoms with Crippen LogP contribution in [-0.2, 0) is 11.3 Å². The molecule has 5 heteroatoms. The van der Waals surface area contributed by atoms with Crippen molar-refractivity contribution in [3.63, 3.8) is 0 Å². The van der Waals surface area contributed by atoms with Gasteiger partial charge in [-0.2, -0.15) is 5.10 Å². The van der Waals surface area contributed by atoms with Crippen molar-refractivity contribution in [3.05, 3.63) is 17.0 Å². The zero-order chi connectivity index (χ0) is 13.3. The van der Waals surface area contributed by atoms with Gasteiger partial charge in [0, 0.05) is 18.3 Å². The molecule has 1 saturated carbocycles. The van der Waals surface area contributed by atoms with Crippen molar-refractivity contribution in [2.24, 2.45) is 5.73 Å². The van der Waals surface area contributed by atoms with Crippen LogP contribution in [0.2, 0.25) is 0 Å². The molecule has 2 rings (SSSR count). The molecular weight excluding hydrogens is 228 g/mol. The second-order valence-corrected chi connectivity index (χ2v) is 5.20. The SMILES string of the molecule is Cc1nn(CCC(NC2CC2)C(N)=O)c(C)c1C. The molecule has 1 aliphatic carbocycles. The van der Waals surface area contributed by atoms with Gasteiger partial charge in [0.1, 0.15) is 0 Å². The van der Waals surface area contributed by atoms with Gasteiger partial charge in [-0.15, -0.1) is 0 Å². The normalized spacial score (nSPS) is 16.8. The Morgan fingerprint density at radius 3 is 2.61 bits per heavy atom. The van der Waals surface area contributed by atoms with Crippen molar-refractivity contribution in [3.8, 4) is 0 Å². The van der Waals surface area contributed by atoms with Crippen LogP contribution in [0.25, 0.3) is 0 Å². The summed E-state index contributed by atoms with van der Waals surface area (Å²) in [5.74, 6) is -0.264. The van der Waals surface area contributed by atoms with Gasteiger partial charge >= 0.3 is 0 Å². The molecule has 1 aromatic rings. The summed E-state index contributed by atoms with van der Waals surface area (Å²) < 4.78 is 1.97. The molecule has 0 bridgehead atoms. The molecule has 1 amide bonds. The van der Waals surface area contributed by atoms with Crippen LogP contribution in [0.5, 0.6) is 0 Å². The monoisotopic (exact) mass is 250 g/mol. The van der Waals surface area contributed by atoms with Crippen LogP contribution in [0, 0.1) is 20.8 Å². The number of aryl methyl sites for hydroxylation is 2.